The Bertz CT molecular complexity index is 840. The van der Waals surface area contributed by atoms with E-state index in [1.54, 1.807) is 23.3 Å². The van der Waals surface area contributed by atoms with Crippen molar-refractivity contribution < 1.29 is 15.0 Å². The van der Waals surface area contributed by atoms with Gasteiger partial charge in [0.15, 0.2) is 0 Å². The van der Waals surface area contributed by atoms with Crippen molar-refractivity contribution in [2.24, 2.45) is 17.4 Å². The molecule has 0 radical (unpaired) electrons. The second-order valence-electron chi connectivity index (χ2n) is 5.07. The van der Waals surface area contributed by atoms with Gasteiger partial charge in [0, 0.05) is 12.7 Å². The molecule has 0 unspecified atom stereocenters. The zero-order valence-electron chi connectivity index (χ0n) is 14.4. The van der Waals surface area contributed by atoms with Gasteiger partial charge in [0.1, 0.15) is 17.9 Å². The summed E-state index contributed by atoms with van der Waals surface area (Å²) in [5.74, 6) is 8.64. The maximum absolute atomic E-state index is 11.7. The summed E-state index contributed by atoms with van der Waals surface area (Å²) in [6, 6.07) is 13.6. The van der Waals surface area contributed by atoms with Crippen molar-refractivity contribution in [3.8, 4) is 5.75 Å². The molecule has 1 amide bonds. The number of ether oxygens (including phenoxy) is 1. The number of aromatic nitrogens is 1. The fraction of sp³-hybridized carbons (Fsp3) is 0.176. The van der Waals surface area contributed by atoms with Crippen LogP contribution in [0.3, 0.4) is 0 Å². The average Bonchev–Trinajstić information content (AvgIpc) is 3.16. The minimum atomic E-state index is -0.129. The predicted molar refractivity (Wildman–Crippen MR) is 105 cm³/mol. The molecule has 0 saturated carbocycles. The number of hydrogen-bond acceptors (Lipinski definition) is 7. The minimum Gasteiger partial charge on any atom is -0.487 e. The van der Waals surface area contributed by atoms with Crippen molar-refractivity contribution in [3.05, 3.63) is 53.5 Å². The number of para-hydroxylation sites is 1. The molecule has 2 aromatic carbocycles. The topological polar surface area (TPSA) is 152 Å². The van der Waals surface area contributed by atoms with Gasteiger partial charge < -0.3 is 20.8 Å². The lowest BCUT2D eigenvalue weighted by molar-refractivity contribution is -0.117. The van der Waals surface area contributed by atoms with Crippen LogP contribution in [0.5, 0.6) is 5.75 Å². The zero-order chi connectivity index (χ0) is 18.2. The number of thiazole rings is 1. The third-order valence-electron chi connectivity index (χ3n) is 3.56. The first-order valence-corrected chi connectivity index (χ1v) is 8.41. The van der Waals surface area contributed by atoms with Gasteiger partial charge in [0.25, 0.3) is 0 Å². The number of hydrogen-bond donors (Lipinski definition) is 3. The van der Waals surface area contributed by atoms with Crippen molar-refractivity contribution in [3.63, 3.8) is 0 Å². The zero-order valence-corrected chi connectivity index (χ0v) is 15.2. The van der Waals surface area contributed by atoms with Gasteiger partial charge in [-0.3, -0.25) is 16.5 Å². The van der Waals surface area contributed by atoms with Crippen LogP contribution in [0.25, 0.3) is 10.2 Å². The fourth-order valence-corrected chi connectivity index (χ4v) is 2.97. The second kappa shape index (κ2) is 10.4. The highest BCUT2D eigenvalue weighted by Crippen LogP contribution is 2.27. The van der Waals surface area contributed by atoms with E-state index in [4.69, 9.17) is 10.5 Å². The Labute approximate surface area is 155 Å². The molecule has 0 saturated heterocycles. The van der Waals surface area contributed by atoms with Gasteiger partial charge in [-0.25, -0.2) is 4.98 Å². The summed E-state index contributed by atoms with van der Waals surface area (Å²) in [7, 11) is 1.71. The smallest absolute Gasteiger partial charge is 0.240 e. The van der Waals surface area contributed by atoms with Gasteiger partial charge >= 0.3 is 0 Å². The number of benzene rings is 2. The summed E-state index contributed by atoms with van der Waals surface area (Å²) in [6.45, 7) is 0.401. The maximum Gasteiger partial charge on any atom is 0.240 e. The maximum atomic E-state index is 11.7. The van der Waals surface area contributed by atoms with E-state index in [1.165, 1.54) is 0 Å². The first-order chi connectivity index (χ1) is 12.2. The summed E-state index contributed by atoms with van der Waals surface area (Å²) in [4.78, 5) is 17.6. The molecule has 0 spiro atoms. The highest BCUT2D eigenvalue weighted by molar-refractivity contribution is 7.16. The van der Waals surface area contributed by atoms with E-state index in [-0.39, 0.29) is 17.9 Å². The van der Waals surface area contributed by atoms with Gasteiger partial charge in [-0.15, -0.1) is 11.3 Å². The standard InChI is InChI=1S/C17H17N3O2S.H4N2.H2O/c1-20(16(21)9-18)13-5-2-4-12(8-13)10-22-14-6-3-7-15-17(14)19-11-23-15;1-2;/h2-8,11H,9-10,18H2,1H3;1-2H2;1H2. The number of carbonyl (C=O) groups is 1. The van der Waals surface area contributed by atoms with Crippen LogP contribution in [0.4, 0.5) is 5.69 Å². The Balaban J connectivity index is 0.00000109. The van der Waals surface area contributed by atoms with Crippen molar-refractivity contribution >= 4 is 33.1 Å². The quantitative estimate of drug-likeness (QED) is 0.441. The van der Waals surface area contributed by atoms with Gasteiger partial charge in [-0.2, -0.15) is 0 Å². The van der Waals surface area contributed by atoms with Crippen LogP contribution >= 0.6 is 11.3 Å². The fourth-order valence-electron chi connectivity index (χ4n) is 2.27. The van der Waals surface area contributed by atoms with Gasteiger partial charge in [0.2, 0.25) is 5.91 Å². The van der Waals surface area contributed by atoms with Crippen LogP contribution < -0.4 is 27.1 Å². The van der Waals surface area contributed by atoms with Gasteiger partial charge in [-0.05, 0) is 29.8 Å². The molecule has 0 aliphatic carbocycles. The first-order valence-electron chi connectivity index (χ1n) is 7.53. The molecule has 8 N–H and O–H groups in total. The molecule has 0 aliphatic heterocycles. The van der Waals surface area contributed by atoms with Crippen LogP contribution in [0.2, 0.25) is 0 Å². The third kappa shape index (κ3) is 4.97. The van der Waals surface area contributed by atoms with E-state index in [0.717, 1.165) is 27.2 Å². The Morgan fingerprint density at radius 1 is 1.23 bits per heavy atom. The lowest BCUT2D eigenvalue weighted by atomic mass is 10.2. The molecule has 9 heteroatoms. The SMILES string of the molecule is CN(C(=O)CN)c1cccc(COc2cccc3scnc23)c1.NN.O. The average molecular weight is 377 g/mol. The number of nitrogens with zero attached hydrogens (tertiary/aromatic N) is 2. The Morgan fingerprint density at radius 2 is 1.96 bits per heavy atom. The van der Waals surface area contributed by atoms with Crippen LogP contribution in [0.1, 0.15) is 5.56 Å². The third-order valence-corrected chi connectivity index (χ3v) is 4.36. The molecule has 0 atom stereocenters. The summed E-state index contributed by atoms with van der Waals surface area (Å²) >= 11 is 1.59. The first kappa shape index (κ1) is 21.5. The minimum absolute atomic E-state index is 0. The van der Waals surface area contributed by atoms with Crippen LogP contribution in [0, 0.1) is 0 Å². The van der Waals surface area contributed by atoms with E-state index in [1.807, 2.05) is 48.0 Å². The number of likely N-dealkylation sites (N-methyl/N-ethyl adjacent to an activating group) is 1. The highest BCUT2D eigenvalue weighted by Gasteiger charge is 2.10. The lowest BCUT2D eigenvalue weighted by Crippen LogP contribution is -2.32. The normalized spacial score (nSPS) is 9.69. The van der Waals surface area contributed by atoms with Crippen LogP contribution in [0.15, 0.2) is 48.0 Å². The molecule has 0 bridgehead atoms. The van der Waals surface area contributed by atoms with Crippen molar-refractivity contribution in [2.45, 2.75) is 6.61 Å². The lowest BCUT2D eigenvalue weighted by Gasteiger charge is -2.17. The Kier molecular flexibility index (Phi) is 8.62. The molecule has 0 fully saturated rings. The Hall–Kier alpha value is -2.56. The summed E-state index contributed by atoms with van der Waals surface area (Å²) < 4.78 is 7.00. The molecule has 26 heavy (non-hydrogen) atoms. The summed E-state index contributed by atoms with van der Waals surface area (Å²) in [5.41, 5.74) is 9.87. The molecule has 140 valence electrons. The summed E-state index contributed by atoms with van der Waals surface area (Å²) in [6.07, 6.45) is 0. The van der Waals surface area contributed by atoms with Crippen molar-refractivity contribution in [2.75, 3.05) is 18.5 Å². The molecular formula is C17H23N5O3S. The van der Waals surface area contributed by atoms with Gasteiger partial charge in [0.05, 0.1) is 16.8 Å². The molecule has 3 aromatic rings. The van der Waals surface area contributed by atoms with E-state index < -0.39 is 0 Å². The number of nitrogens with two attached hydrogens (primary N) is 3. The molecule has 8 nitrogen and oxygen atoms in total. The van der Waals surface area contributed by atoms with Crippen LogP contribution in [-0.4, -0.2) is 30.0 Å². The highest BCUT2D eigenvalue weighted by atomic mass is 32.1. The van der Waals surface area contributed by atoms with Gasteiger partial charge in [-0.1, -0.05) is 18.2 Å². The number of hydrazine groups is 1. The predicted octanol–water partition coefficient (Wildman–Crippen LogP) is 0.791. The number of fused-ring (bicyclic) bond motifs is 1. The van der Waals surface area contributed by atoms with E-state index in [0.29, 0.717) is 6.61 Å². The number of amides is 1. The van der Waals surface area contributed by atoms with E-state index >= 15 is 0 Å². The van der Waals surface area contributed by atoms with E-state index in [9.17, 15) is 4.79 Å². The van der Waals surface area contributed by atoms with Crippen molar-refractivity contribution in [1.82, 2.24) is 4.98 Å². The number of rotatable bonds is 5. The number of anilines is 1. The van der Waals surface area contributed by atoms with E-state index in [2.05, 4.69) is 16.7 Å². The molecule has 1 aromatic heterocycles. The molecular weight excluding hydrogens is 354 g/mol. The monoisotopic (exact) mass is 377 g/mol. The molecule has 0 aliphatic rings. The Morgan fingerprint density at radius 3 is 2.69 bits per heavy atom. The largest absolute Gasteiger partial charge is 0.487 e. The summed E-state index contributed by atoms with van der Waals surface area (Å²) in [5, 5.41) is 0. The molecule has 1 heterocycles. The van der Waals surface area contributed by atoms with Crippen LogP contribution in [-0.2, 0) is 11.4 Å². The second-order valence-corrected chi connectivity index (χ2v) is 5.96. The molecule has 3 rings (SSSR count). The van der Waals surface area contributed by atoms with Crippen molar-refractivity contribution in [1.29, 1.82) is 0 Å². The number of carbonyl (C=O) groups excluding carboxylic acids is 1.